The number of aliphatic imine (C=N–C) groups is 1. The number of nitrogens with one attached hydrogen (secondary N) is 3. The zero-order valence-corrected chi connectivity index (χ0v) is 32.9. The fraction of sp³-hybridized carbons (Fsp3) is 0.512. The number of urea groups is 1. The zero-order chi connectivity index (χ0) is 38.4. The van der Waals surface area contributed by atoms with E-state index in [1.165, 1.54) is 12.0 Å². The summed E-state index contributed by atoms with van der Waals surface area (Å²) in [5.74, 6) is 2.07. The maximum absolute atomic E-state index is 13.7. The molecule has 2 amide bonds. The third-order valence-corrected chi connectivity index (χ3v) is 11.2. The Morgan fingerprint density at radius 3 is 2.65 bits per heavy atom. The van der Waals surface area contributed by atoms with Crippen LogP contribution >= 0.6 is 0 Å². The Bertz CT molecular complexity index is 1980. The van der Waals surface area contributed by atoms with E-state index in [1.807, 2.05) is 67.8 Å². The molecule has 0 spiro atoms. The second-order valence-corrected chi connectivity index (χ2v) is 16.3. The highest BCUT2D eigenvalue weighted by Crippen LogP contribution is 2.39. The fourth-order valence-electron chi connectivity index (χ4n) is 7.82. The average Bonchev–Trinajstić information content (AvgIpc) is 3.40. The van der Waals surface area contributed by atoms with Crippen molar-refractivity contribution in [2.75, 3.05) is 44.3 Å². The van der Waals surface area contributed by atoms with Gasteiger partial charge in [0.05, 0.1) is 24.5 Å². The lowest BCUT2D eigenvalue weighted by atomic mass is 9.85. The van der Waals surface area contributed by atoms with Crippen LogP contribution in [-0.2, 0) is 11.2 Å². The summed E-state index contributed by atoms with van der Waals surface area (Å²) in [6, 6.07) is 20.2. The van der Waals surface area contributed by atoms with Gasteiger partial charge in [0.15, 0.2) is 5.65 Å². The number of fused-ring (bicyclic) bond motifs is 2. The van der Waals surface area contributed by atoms with E-state index >= 15 is 0 Å². The summed E-state index contributed by atoms with van der Waals surface area (Å²) < 4.78 is 14.3. The highest BCUT2D eigenvalue weighted by molar-refractivity contribution is 6.09. The number of piperidine rings is 1. The number of carbonyl (C=O) groups excluding carboxylic acids is 1. The van der Waals surface area contributed by atoms with Crippen molar-refractivity contribution < 1.29 is 14.3 Å². The van der Waals surface area contributed by atoms with Gasteiger partial charge in [-0.1, -0.05) is 57.2 Å². The molecule has 2 aliphatic heterocycles. The van der Waals surface area contributed by atoms with Gasteiger partial charge in [-0.15, -0.1) is 10.2 Å². The fourth-order valence-corrected chi connectivity index (χ4v) is 7.82. The van der Waals surface area contributed by atoms with Crippen molar-refractivity contribution >= 4 is 34.9 Å². The number of carbonyl (C=O) groups is 1. The Morgan fingerprint density at radius 1 is 0.964 bits per heavy atom. The minimum atomic E-state index is -0.360. The number of rotatable bonds is 10. The Balaban J connectivity index is 1.04. The summed E-state index contributed by atoms with van der Waals surface area (Å²) in [7, 11) is 0. The lowest BCUT2D eigenvalue weighted by Gasteiger charge is -2.33. The van der Waals surface area contributed by atoms with Crippen molar-refractivity contribution in [1.82, 2.24) is 30.1 Å². The van der Waals surface area contributed by atoms with Crippen LogP contribution < -0.4 is 20.3 Å². The second-order valence-electron chi connectivity index (χ2n) is 16.3. The molecule has 3 unspecified atom stereocenters. The molecule has 2 aromatic heterocycles. The summed E-state index contributed by atoms with van der Waals surface area (Å²) in [6.07, 6.45) is 9.01. The number of nitrogens with zero attached hydrogens (tertiary/aromatic N) is 6. The van der Waals surface area contributed by atoms with E-state index in [-0.39, 0.29) is 30.0 Å². The summed E-state index contributed by atoms with van der Waals surface area (Å²) in [4.78, 5) is 23.5. The molecule has 4 aromatic rings. The Morgan fingerprint density at radius 2 is 1.82 bits per heavy atom. The van der Waals surface area contributed by atoms with Crippen molar-refractivity contribution in [1.29, 1.82) is 5.41 Å². The van der Waals surface area contributed by atoms with Gasteiger partial charge < -0.3 is 30.0 Å². The van der Waals surface area contributed by atoms with E-state index in [9.17, 15) is 4.79 Å². The number of amides is 2. The third kappa shape index (κ3) is 9.71. The first-order chi connectivity index (χ1) is 26.6. The largest absolute Gasteiger partial charge is 0.484 e. The van der Waals surface area contributed by atoms with Crippen molar-refractivity contribution in [3.05, 3.63) is 83.6 Å². The van der Waals surface area contributed by atoms with Gasteiger partial charge >= 0.3 is 6.03 Å². The number of pyridine rings is 1. The summed E-state index contributed by atoms with van der Waals surface area (Å²) in [6.45, 7) is 13.8. The molecule has 1 aliphatic carbocycles. The monoisotopic (exact) mass is 747 g/mol. The molecule has 3 N–H and O–H groups in total. The zero-order valence-electron chi connectivity index (χ0n) is 32.9. The van der Waals surface area contributed by atoms with Crippen molar-refractivity contribution in [3.63, 3.8) is 0 Å². The standard InChI is InChI=1S/C43H57N9O3/c1-30-11-7-8-22-51(30)42-49-48-40-19-16-33(29-52(40)42)55-37-18-17-36(34-14-5-6-15-35(34)37)46-41(53)47-39(28-38(44)43(2,3)4)45-32-13-9-12-31(27-32)20-23-50-21-10-25-54-26-24-50/h5-6,9,12-16,19,27,29-30,36-37,44H,7-8,10-11,17-18,20-26,28H2,1-4H3,(H2,45,46,47,53). The summed E-state index contributed by atoms with van der Waals surface area (Å²) >= 11 is 0. The van der Waals surface area contributed by atoms with E-state index in [0.717, 1.165) is 106 Å². The predicted octanol–water partition coefficient (Wildman–Crippen LogP) is 7.81. The van der Waals surface area contributed by atoms with E-state index in [1.54, 1.807) is 0 Å². The number of aromatic nitrogens is 3. The first-order valence-corrected chi connectivity index (χ1v) is 20.1. The molecule has 0 saturated carbocycles. The van der Waals surface area contributed by atoms with Crippen LogP contribution in [0.1, 0.15) is 101 Å². The quantitative estimate of drug-likeness (QED) is 0.111. The molecule has 0 bridgehead atoms. The molecule has 3 aliphatic rings. The summed E-state index contributed by atoms with van der Waals surface area (Å²) in [5.41, 5.74) is 4.98. The molecule has 7 rings (SSSR count). The van der Waals surface area contributed by atoms with E-state index in [0.29, 0.717) is 24.0 Å². The highest BCUT2D eigenvalue weighted by atomic mass is 16.5. The third-order valence-electron chi connectivity index (χ3n) is 11.2. The number of amidine groups is 1. The second kappa shape index (κ2) is 17.3. The summed E-state index contributed by atoms with van der Waals surface area (Å²) in [5, 5.41) is 24.1. The molecular weight excluding hydrogens is 691 g/mol. The first-order valence-electron chi connectivity index (χ1n) is 20.1. The van der Waals surface area contributed by atoms with Gasteiger partial charge in [0.1, 0.15) is 17.7 Å². The van der Waals surface area contributed by atoms with Crippen molar-refractivity contribution in [3.8, 4) is 5.75 Å². The minimum absolute atomic E-state index is 0.173. The average molecular weight is 748 g/mol. The van der Waals surface area contributed by atoms with E-state index in [2.05, 4.69) is 61.8 Å². The number of ether oxygens (including phenoxy) is 2. The molecule has 2 fully saturated rings. The minimum Gasteiger partial charge on any atom is -0.484 e. The van der Waals surface area contributed by atoms with Crippen molar-refractivity contribution in [2.24, 2.45) is 10.4 Å². The number of benzene rings is 2. The number of anilines is 1. The topological polar surface area (TPSA) is 132 Å². The van der Waals surface area contributed by atoms with Gasteiger partial charge in [0.2, 0.25) is 5.95 Å². The van der Waals surface area contributed by atoms with Gasteiger partial charge in [-0.05, 0) is 98.2 Å². The lowest BCUT2D eigenvalue weighted by molar-refractivity contribution is 0.141. The maximum Gasteiger partial charge on any atom is 0.320 e. The molecule has 12 heteroatoms. The van der Waals surface area contributed by atoms with Crippen LogP contribution in [0.2, 0.25) is 0 Å². The number of hydrogen-bond acceptors (Lipinski definition) is 9. The number of hydrogen-bond donors (Lipinski definition) is 3. The normalized spacial score (nSPS) is 21.1. The van der Waals surface area contributed by atoms with Crippen LogP contribution in [0.15, 0.2) is 71.9 Å². The van der Waals surface area contributed by atoms with Gasteiger partial charge in [-0.2, -0.15) is 0 Å². The van der Waals surface area contributed by atoms with Crippen LogP contribution in [0, 0.1) is 10.8 Å². The molecule has 0 radical (unpaired) electrons. The molecule has 2 saturated heterocycles. The maximum atomic E-state index is 13.7. The molecule has 292 valence electrons. The van der Waals surface area contributed by atoms with Gasteiger partial charge in [-0.3, -0.25) is 9.72 Å². The van der Waals surface area contributed by atoms with Crippen LogP contribution in [0.4, 0.5) is 16.4 Å². The predicted molar refractivity (Wildman–Crippen MR) is 218 cm³/mol. The molecule has 12 nitrogen and oxygen atoms in total. The van der Waals surface area contributed by atoms with E-state index < -0.39 is 0 Å². The van der Waals surface area contributed by atoms with E-state index in [4.69, 9.17) is 19.9 Å². The molecule has 3 atom stereocenters. The van der Waals surface area contributed by atoms with Gasteiger partial charge in [0.25, 0.3) is 0 Å². The van der Waals surface area contributed by atoms with Crippen LogP contribution in [-0.4, -0.2) is 82.5 Å². The van der Waals surface area contributed by atoms with Gasteiger partial charge in [-0.25, -0.2) is 9.79 Å². The Hall–Kier alpha value is -4.81. The Kier molecular flexibility index (Phi) is 12.1. The molecule has 2 aromatic carbocycles. The van der Waals surface area contributed by atoms with Gasteiger partial charge in [0, 0.05) is 51.0 Å². The first kappa shape index (κ1) is 38.5. The van der Waals surface area contributed by atoms with Crippen LogP contribution in [0.25, 0.3) is 5.65 Å². The van der Waals surface area contributed by atoms with Crippen LogP contribution in [0.3, 0.4) is 0 Å². The SMILES string of the molecule is CC1CCCCN1c1nnc2ccc(OC3CCC(NC(=O)NC(CC(=N)C(C)(C)C)=Nc4cccc(CCN5CCCOCC5)c4)c4ccccc43)cn12. The molecule has 4 heterocycles. The lowest BCUT2D eigenvalue weighted by Crippen LogP contribution is -2.43. The van der Waals surface area contributed by atoms with Crippen LogP contribution in [0.5, 0.6) is 5.75 Å². The molecule has 55 heavy (non-hydrogen) atoms. The molecular formula is C43H57N9O3. The highest BCUT2D eigenvalue weighted by Gasteiger charge is 2.30. The smallest absolute Gasteiger partial charge is 0.320 e. The van der Waals surface area contributed by atoms with Crippen molar-refractivity contribution in [2.45, 2.75) is 97.2 Å². The Labute approximate surface area is 325 Å².